The first-order chi connectivity index (χ1) is 12.3. The number of hydrogen-bond donors (Lipinski definition) is 0. The highest BCUT2D eigenvalue weighted by atomic mass is 16.5. The first-order valence-electron chi connectivity index (χ1n) is 7.93. The molecule has 0 saturated heterocycles. The van der Waals surface area contributed by atoms with Gasteiger partial charge in [0.05, 0.1) is 19.8 Å². The Morgan fingerprint density at radius 2 is 1.68 bits per heavy atom. The molecule has 5 heteroatoms. The Morgan fingerprint density at radius 1 is 0.800 bits per heavy atom. The zero-order valence-electron chi connectivity index (χ0n) is 14.0. The fourth-order valence-corrected chi connectivity index (χ4v) is 2.88. The van der Waals surface area contributed by atoms with E-state index in [0.717, 1.165) is 39.7 Å². The topological polar surface area (TPSA) is 48.7 Å². The molecule has 0 radical (unpaired) electrons. The van der Waals surface area contributed by atoms with Crippen LogP contribution in [-0.2, 0) is 0 Å². The lowest BCUT2D eigenvalue weighted by molar-refractivity contribution is 0.415. The van der Waals surface area contributed by atoms with Crippen molar-refractivity contribution in [2.75, 3.05) is 14.2 Å². The predicted molar refractivity (Wildman–Crippen MR) is 97.0 cm³/mol. The van der Waals surface area contributed by atoms with Crippen molar-refractivity contribution < 1.29 is 9.47 Å². The van der Waals surface area contributed by atoms with E-state index in [0.29, 0.717) is 0 Å². The van der Waals surface area contributed by atoms with Crippen molar-refractivity contribution in [3.8, 4) is 34.0 Å². The van der Waals surface area contributed by atoms with E-state index in [2.05, 4.69) is 16.3 Å². The first-order valence-corrected chi connectivity index (χ1v) is 7.93. The van der Waals surface area contributed by atoms with E-state index in [-0.39, 0.29) is 0 Å². The quantitative estimate of drug-likeness (QED) is 0.565. The summed E-state index contributed by atoms with van der Waals surface area (Å²) >= 11 is 0. The number of benzene rings is 2. The molecule has 0 aliphatic rings. The summed E-state index contributed by atoms with van der Waals surface area (Å²) < 4.78 is 12.8. The highest BCUT2D eigenvalue weighted by molar-refractivity contribution is 5.70. The molecule has 0 N–H and O–H groups in total. The zero-order valence-corrected chi connectivity index (χ0v) is 14.0. The minimum atomic E-state index is 0.747. The Labute approximate surface area is 145 Å². The summed E-state index contributed by atoms with van der Waals surface area (Å²) in [6, 6.07) is 19.8. The van der Waals surface area contributed by atoms with Crippen LogP contribution in [0.2, 0.25) is 0 Å². The third-order valence-electron chi connectivity index (χ3n) is 4.15. The van der Waals surface area contributed by atoms with Gasteiger partial charge in [-0.25, -0.2) is 0 Å². The SMILES string of the molecule is COc1cccc(-c2ccc3nnc(-c4ccccc4OC)n3c2)c1. The number of ether oxygens (including phenoxy) is 2. The van der Waals surface area contributed by atoms with E-state index >= 15 is 0 Å². The van der Waals surface area contributed by atoms with Gasteiger partial charge in [0.25, 0.3) is 0 Å². The first kappa shape index (κ1) is 15.2. The molecule has 0 aliphatic heterocycles. The van der Waals surface area contributed by atoms with Gasteiger partial charge < -0.3 is 9.47 Å². The molecular formula is C20H17N3O2. The van der Waals surface area contributed by atoms with E-state index in [1.54, 1.807) is 14.2 Å². The molecule has 4 rings (SSSR count). The number of para-hydroxylation sites is 1. The second kappa shape index (κ2) is 6.28. The molecule has 2 heterocycles. The number of fused-ring (bicyclic) bond motifs is 1. The minimum absolute atomic E-state index is 0.747. The van der Waals surface area contributed by atoms with Crippen LogP contribution in [0.1, 0.15) is 0 Å². The van der Waals surface area contributed by atoms with Crippen LogP contribution in [0.5, 0.6) is 11.5 Å². The molecule has 0 amide bonds. The molecule has 0 bridgehead atoms. The van der Waals surface area contributed by atoms with Crippen molar-refractivity contribution in [2.24, 2.45) is 0 Å². The molecule has 25 heavy (non-hydrogen) atoms. The van der Waals surface area contributed by atoms with E-state index in [1.165, 1.54) is 0 Å². The molecule has 0 aliphatic carbocycles. The number of rotatable bonds is 4. The maximum atomic E-state index is 5.47. The van der Waals surface area contributed by atoms with Crippen LogP contribution < -0.4 is 9.47 Å². The Hall–Kier alpha value is -3.34. The van der Waals surface area contributed by atoms with Crippen LogP contribution in [0.15, 0.2) is 66.9 Å². The van der Waals surface area contributed by atoms with Gasteiger partial charge in [-0.05, 0) is 47.5 Å². The van der Waals surface area contributed by atoms with Crippen LogP contribution >= 0.6 is 0 Å². The smallest absolute Gasteiger partial charge is 0.172 e. The van der Waals surface area contributed by atoms with Crippen LogP contribution in [-0.4, -0.2) is 28.8 Å². The molecular weight excluding hydrogens is 314 g/mol. The van der Waals surface area contributed by atoms with Gasteiger partial charge in [0.15, 0.2) is 11.5 Å². The largest absolute Gasteiger partial charge is 0.497 e. The van der Waals surface area contributed by atoms with Crippen molar-refractivity contribution in [2.45, 2.75) is 0 Å². The number of methoxy groups -OCH3 is 2. The van der Waals surface area contributed by atoms with E-state index in [9.17, 15) is 0 Å². The summed E-state index contributed by atoms with van der Waals surface area (Å²) in [6.45, 7) is 0. The number of pyridine rings is 1. The molecule has 0 unspecified atom stereocenters. The second-order valence-corrected chi connectivity index (χ2v) is 5.60. The average Bonchev–Trinajstić information content (AvgIpc) is 3.11. The van der Waals surface area contributed by atoms with Gasteiger partial charge in [0.2, 0.25) is 0 Å². The Bertz CT molecular complexity index is 1040. The normalized spacial score (nSPS) is 10.8. The predicted octanol–water partition coefficient (Wildman–Crippen LogP) is 4.08. The maximum absolute atomic E-state index is 5.47. The molecule has 0 spiro atoms. The second-order valence-electron chi connectivity index (χ2n) is 5.60. The van der Waals surface area contributed by atoms with Gasteiger partial charge in [0, 0.05) is 6.20 Å². The van der Waals surface area contributed by atoms with Gasteiger partial charge in [-0.3, -0.25) is 4.40 Å². The Balaban J connectivity index is 1.88. The summed E-state index contributed by atoms with van der Waals surface area (Å²) in [5.74, 6) is 2.34. The fourth-order valence-electron chi connectivity index (χ4n) is 2.88. The average molecular weight is 331 g/mol. The monoisotopic (exact) mass is 331 g/mol. The minimum Gasteiger partial charge on any atom is -0.497 e. The van der Waals surface area contributed by atoms with E-state index < -0.39 is 0 Å². The number of hydrogen-bond acceptors (Lipinski definition) is 4. The zero-order chi connectivity index (χ0) is 17.2. The maximum Gasteiger partial charge on any atom is 0.172 e. The van der Waals surface area contributed by atoms with Crippen LogP contribution in [0.4, 0.5) is 0 Å². The van der Waals surface area contributed by atoms with E-state index in [4.69, 9.17) is 9.47 Å². The standard InChI is InChI=1S/C20H17N3O2/c1-24-16-7-5-6-14(12-16)15-10-11-19-21-22-20(23(19)13-15)17-8-3-4-9-18(17)25-2/h3-13H,1-2H3. The molecule has 0 saturated carbocycles. The van der Waals surface area contributed by atoms with Gasteiger partial charge >= 0.3 is 0 Å². The Kier molecular flexibility index (Phi) is 3.82. The molecule has 124 valence electrons. The number of aromatic nitrogens is 3. The highest BCUT2D eigenvalue weighted by Gasteiger charge is 2.13. The summed E-state index contributed by atoms with van der Waals surface area (Å²) in [4.78, 5) is 0. The van der Waals surface area contributed by atoms with Crippen LogP contribution in [0, 0.1) is 0 Å². The van der Waals surface area contributed by atoms with Gasteiger partial charge in [0.1, 0.15) is 11.5 Å². The van der Waals surface area contributed by atoms with Gasteiger partial charge in [-0.1, -0.05) is 24.3 Å². The van der Waals surface area contributed by atoms with Crippen molar-refractivity contribution in [3.63, 3.8) is 0 Å². The van der Waals surface area contributed by atoms with Crippen molar-refractivity contribution in [3.05, 3.63) is 66.9 Å². The fraction of sp³-hybridized carbons (Fsp3) is 0.100. The number of nitrogens with zero attached hydrogens (tertiary/aromatic N) is 3. The van der Waals surface area contributed by atoms with Crippen molar-refractivity contribution in [1.29, 1.82) is 0 Å². The van der Waals surface area contributed by atoms with Crippen molar-refractivity contribution >= 4 is 5.65 Å². The third-order valence-corrected chi connectivity index (χ3v) is 4.15. The molecule has 0 atom stereocenters. The van der Waals surface area contributed by atoms with Crippen molar-refractivity contribution in [1.82, 2.24) is 14.6 Å². The molecule has 2 aromatic carbocycles. The van der Waals surface area contributed by atoms with Crippen LogP contribution in [0.3, 0.4) is 0 Å². The molecule has 0 fully saturated rings. The van der Waals surface area contributed by atoms with E-state index in [1.807, 2.05) is 65.2 Å². The molecule has 2 aromatic heterocycles. The molecule has 4 aromatic rings. The van der Waals surface area contributed by atoms with Gasteiger partial charge in [-0.2, -0.15) is 0 Å². The highest BCUT2D eigenvalue weighted by Crippen LogP contribution is 2.30. The lowest BCUT2D eigenvalue weighted by Gasteiger charge is -2.08. The third kappa shape index (κ3) is 2.70. The summed E-state index contributed by atoms with van der Waals surface area (Å²) in [6.07, 6.45) is 2.03. The van der Waals surface area contributed by atoms with Crippen LogP contribution in [0.25, 0.3) is 28.2 Å². The lowest BCUT2D eigenvalue weighted by atomic mass is 10.1. The summed E-state index contributed by atoms with van der Waals surface area (Å²) in [5.41, 5.74) is 3.82. The van der Waals surface area contributed by atoms with Gasteiger partial charge in [-0.15, -0.1) is 10.2 Å². The molecule has 5 nitrogen and oxygen atoms in total. The summed E-state index contributed by atoms with van der Waals surface area (Å²) in [5, 5.41) is 8.62. The Morgan fingerprint density at radius 3 is 2.52 bits per heavy atom. The lowest BCUT2D eigenvalue weighted by Crippen LogP contribution is -1.94. The summed E-state index contributed by atoms with van der Waals surface area (Å²) in [7, 11) is 3.33.